The number of anilines is 1. The van der Waals surface area contributed by atoms with E-state index in [0.717, 1.165) is 11.4 Å². The molecule has 0 spiro atoms. The summed E-state index contributed by atoms with van der Waals surface area (Å²) in [5.41, 5.74) is 2.13. The van der Waals surface area contributed by atoms with Gasteiger partial charge < -0.3 is 19.5 Å². The van der Waals surface area contributed by atoms with Gasteiger partial charge in [0.15, 0.2) is 0 Å². The number of methoxy groups -OCH3 is 1. The molecule has 1 saturated heterocycles. The highest BCUT2D eigenvalue weighted by molar-refractivity contribution is 5.77. The van der Waals surface area contributed by atoms with E-state index in [9.17, 15) is 10.1 Å². The standard InChI is InChI=1S/C18H22N6O2/c1-23-10-16(21-12-23)14-9-24(18(25)4-6-26-2)11-17(14)22-15-3-5-20-8-13(15)7-19/h3,5,8,10,12,14,17H,4,6,9,11H2,1-2H3,(H,20,22)/t14-,17+/m0/s1. The number of rotatable bonds is 6. The molecule has 0 aromatic carbocycles. The van der Waals surface area contributed by atoms with Crippen LogP contribution in [0.1, 0.15) is 23.6 Å². The van der Waals surface area contributed by atoms with Crippen LogP contribution >= 0.6 is 0 Å². The first-order valence-electron chi connectivity index (χ1n) is 8.47. The number of ether oxygens (including phenoxy) is 1. The third kappa shape index (κ3) is 3.83. The summed E-state index contributed by atoms with van der Waals surface area (Å²) in [5, 5.41) is 12.7. The van der Waals surface area contributed by atoms with Crippen LogP contribution < -0.4 is 5.32 Å². The van der Waals surface area contributed by atoms with Crippen LogP contribution in [0, 0.1) is 11.3 Å². The SMILES string of the molecule is COCCC(=O)N1C[C@@H](Nc2ccncc2C#N)[C@H](c2cn(C)cn2)C1. The topological polar surface area (TPSA) is 96.1 Å². The first-order chi connectivity index (χ1) is 12.6. The monoisotopic (exact) mass is 354 g/mol. The van der Waals surface area contributed by atoms with Crippen LogP contribution in [-0.2, 0) is 16.6 Å². The van der Waals surface area contributed by atoms with Crippen LogP contribution in [-0.4, -0.2) is 58.2 Å². The highest BCUT2D eigenvalue weighted by Crippen LogP contribution is 2.30. The Morgan fingerprint density at radius 3 is 3.04 bits per heavy atom. The fourth-order valence-corrected chi connectivity index (χ4v) is 3.23. The highest BCUT2D eigenvalue weighted by atomic mass is 16.5. The van der Waals surface area contributed by atoms with Crippen molar-refractivity contribution in [3.8, 4) is 6.07 Å². The lowest BCUT2D eigenvalue weighted by Crippen LogP contribution is -2.32. The second-order valence-electron chi connectivity index (χ2n) is 6.40. The maximum absolute atomic E-state index is 12.4. The molecule has 26 heavy (non-hydrogen) atoms. The van der Waals surface area contributed by atoms with Crippen molar-refractivity contribution in [3.63, 3.8) is 0 Å². The van der Waals surface area contributed by atoms with E-state index in [1.54, 1.807) is 25.7 Å². The van der Waals surface area contributed by atoms with Crippen molar-refractivity contribution in [1.29, 1.82) is 5.26 Å². The molecule has 0 radical (unpaired) electrons. The lowest BCUT2D eigenvalue weighted by Gasteiger charge is -2.20. The Morgan fingerprint density at radius 2 is 2.35 bits per heavy atom. The average molecular weight is 354 g/mol. The molecule has 0 bridgehead atoms. The molecule has 2 aromatic heterocycles. The second kappa shape index (κ2) is 7.97. The molecule has 2 atom stereocenters. The molecule has 136 valence electrons. The van der Waals surface area contributed by atoms with Gasteiger partial charge in [0.1, 0.15) is 6.07 Å². The Morgan fingerprint density at radius 1 is 1.50 bits per heavy atom. The first kappa shape index (κ1) is 17.9. The molecule has 2 aromatic rings. The maximum atomic E-state index is 12.4. The van der Waals surface area contributed by atoms with Gasteiger partial charge in [-0.2, -0.15) is 5.26 Å². The zero-order valence-corrected chi connectivity index (χ0v) is 14.9. The maximum Gasteiger partial charge on any atom is 0.224 e. The van der Waals surface area contributed by atoms with Gasteiger partial charge >= 0.3 is 0 Å². The molecule has 1 amide bonds. The molecular formula is C18H22N6O2. The third-order valence-electron chi connectivity index (χ3n) is 4.58. The summed E-state index contributed by atoms with van der Waals surface area (Å²) >= 11 is 0. The van der Waals surface area contributed by atoms with Gasteiger partial charge in [0.05, 0.1) is 42.3 Å². The number of imidazole rings is 1. The Bertz CT molecular complexity index is 812. The number of hydrogen-bond donors (Lipinski definition) is 1. The van der Waals surface area contributed by atoms with Crippen molar-refractivity contribution in [3.05, 3.63) is 42.2 Å². The molecule has 1 N–H and O–H groups in total. The van der Waals surface area contributed by atoms with Gasteiger partial charge in [-0.1, -0.05) is 0 Å². The first-order valence-corrected chi connectivity index (χ1v) is 8.47. The Hall–Kier alpha value is -2.92. The molecule has 1 aliphatic heterocycles. The molecular weight excluding hydrogens is 332 g/mol. The van der Waals surface area contributed by atoms with Crippen LogP contribution in [0.2, 0.25) is 0 Å². The second-order valence-corrected chi connectivity index (χ2v) is 6.40. The van der Waals surface area contributed by atoms with Gasteiger partial charge in [-0.15, -0.1) is 0 Å². The summed E-state index contributed by atoms with van der Waals surface area (Å²) in [4.78, 5) is 22.7. The molecule has 1 aliphatic rings. The number of carbonyl (C=O) groups excluding carboxylic acids is 1. The van der Waals surface area contributed by atoms with Crippen molar-refractivity contribution in [2.24, 2.45) is 7.05 Å². The van der Waals surface area contributed by atoms with Crippen molar-refractivity contribution in [2.45, 2.75) is 18.4 Å². The summed E-state index contributed by atoms with van der Waals surface area (Å²) in [5.74, 6) is 0.106. The number of aromatic nitrogens is 3. The van der Waals surface area contributed by atoms with Gasteiger partial charge in [-0.3, -0.25) is 9.78 Å². The molecule has 8 heteroatoms. The number of carbonyl (C=O) groups is 1. The highest BCUT2D eigenvalue weighted by Gasteiger charge is 2.37. The smallest absolute Gasteiger partial charge is 0.224 e. The molecule has 0 unspecified atom stereocenters. The largest absolute Gasteiger partial charge is 0.384 e. The zero-order valence-electron chi connectivity index (χ0n) is 14.9. The van der Waals surface area contributed by atoms with Crippen LogP contribution in [0.3, 0.4) is 0 Å². The number of likely N-dealkylation sites (tertiary alicyclic amines) is 1. The zero-order chi connectivity index (χ0) is 18.5. The molecule has 3 rings (SSSR count). The van der Waals surface area contributed by atoms with Gasteiger partial charge in [-0.25, -0.2) is 4.98 Å². The lowest BCUT2D eigenvalue weighted by atomic mass is 10.00. The number of nitrogens with one attached hydrogen (secondary N) is 1. The Kier molecular flexibility index (Phi) is 5.49. The van der Waals surface area contributed by atoms with E-state index in [1.165, 1.54) is 6.20 Å². The Balaban J connectivity index is 1.82. The van der Waals surface area contributed by atoms with Crippen molar-refractivity contribution >= 4 is 11.6 Å². The number of nitrogens with zero attached hydrogens (tertiary/aromatic N) is 5. The fraction of sp³-hybridized carbons (Fsp3) is 0.444. The average Bonchev–Trinajstić information content (AvgIpc) is 3.26. The van der Waals surface area contributed by atoms with E-state index < -0.39 is 0 Å². The van der Waals surface area contributed by atoms with Crippen molar-refractivity contribution in [1.82, 2.24) is 19.4 Å². The quantitative estimate of drug-likeness (QED) is 0.835. The summed E-state index contributed by atoms with van der Waals surface area (Å²) in [6, 6.07) is 3.89. The number of hydrogen-bond acceptors (Lipinski definition) is 6. The number of aryl methyl sites for hydroxylation is 1. The van der Waals surface area contributed by atoms with E-state index in [0.29, 0.717) is 31.7 Å². The minimum absolute atomic E-state index is 0.0362. The molecule has 8 nitrogen and oxygen atoms in total. The lowest BCUT2D eigenvalue weighted by molar-refractivity contribution is -0.131. The predicted molar refractivity (Wildman–Crippen MR) is 95.4 cm³/mol. The molecule has 0 aliphatic carbocycles. The van der Waals surface area contributed by atoms with E-state index in [-0.39, 0.29) is 17.9 Å². The van der Waals surface area contributed by atoms with Crippen LogP contribution in [0.4, 0.5) is 5.69 Å². The third-order valence-corrected chi connectivity index (χ3v) is 4.58. The minimum atomic E-state index is -0.0362. The van der Waals surface area contributed by atoms with E-state index in [1.807, 2.05) is 22.7 Å². The van der Waals surface area contributed by atoms with Gasteiger partial charge in [0.2, 0.25) is 5.91 Å². The molecule has 3 heterocycles. The van der Waals surface area contributed by atoms with Gasteiger partial charge in [-0.05, 0) is 6.07 Å². The van der Waals surface area contributed by atoms with Gasteiger partial charge in [0.25, 0.3) is 0 Å². The summed E-state index contributed by atoms with van der Waals surface area (Å²) in [6.45, 7) is 1.55. The van der Waals surface area contributed by atoms with E-state index >= 15 is 0 Å². The Labute approximate surface area is 152 Å². The van der Waals surface area contributed by atoms with E-state index in [2.05, 4.69) is 21.4 Å². The number of pyridine rings is 1. The summed E-state index contributed by atoms with van der Waals surface area (Å²) in [6.07, 6.45) is 7.27. The molecule has 1 fully saturated rings. The number of amides is 1. The van der Waals surface area contributed by atoms with Crippen molar-refractivity contribution < 1.29 is 9.53 Å². The molecule has 0 saturated carbocycles. The van der Waals surface area contributed by atoms with Gasteiger partial charge in [0, 0.05) is 51.8 Å². The summed E-state index contributed by atoms with van der Waals surface area (Å²) < 4.78 is 6.92. The van der Waals surface area contributed by atoms with E-state index in [4.69, 9.17) is 4.74 Å². The van der Waals surface area contributed by atoms with Crippen molar-refractivity contribution in [2.75, 3.05) is 32.1 Å². The minimum Gasteiger partial charge on any atom is -0.384 e. The van der Waals surface area contributed by atoms with Crippen LogP contribution in [0.5, 0.6) is 0 Å². The fourth-order valence-electron chi connectivity index (χ4n) is 3.23. The predicted octanol–water partition coefficient (Wildman–Crippen LogP) is 1.13. The number of nitriles is 1. The normalized spacial score (nSPS) is 19.3. The van der Waals surface area contributed by atoms with Crippen LogP contribution in [0.25, 0.3) is 0 Å². The van der Waals surface area contributed by atoms with Crippen LogP contribution in [0.15, 0.2) is 31.0 Å². The summed E-state index contributed by atoms with van der Waals surface area (Å²) in [7, 11) is 3.51.